The van der Waals surface area contributed by atoms with Crippen molar-refractivity contribution in [3.8, 4) is 0 Å². The lowest BCUT2D eigenvalue weighted by Gasteiger charge is -2.05. The molecule has 3 nitrogen and oxygen atoms in total. The van der Waals surface area contributed by atoms with Gasteiger partial charge in [-0.15, -0.1) is 0 Å². The van der Waals surface area contributed by atoms with Crippen molar-refractivity contribution >= 4 is 0 Å². The number of rotatable bonds is 6. The normalized spacial score (nSPS) is 11.0. The molecule has 0 amide bonds. The van der Waals surface area contributed by atoms with Crippen molar-refractivity contribution in [2.24, 2.45) is 0 Å². The summed E-state index contributed by atoms with van der Waals surface area (Å²) in [6.45, 7) is 5.82. The molecule has 1 aromatic carbocycles. The van der Waals surface area contributed by atoms with Gasteiger partial charge in [-0.3, -0.25) is 4.68 Å². The molecule has 0 atom stereocenters. The zero-order chi connectivity index (χ0) is 14.5. The quantitative estimate of drug-likeness (QED) is 0.880. The number of benzene rings is 1. The molecule has 0 saturated carbocycles. The highest BCUT2D eigenvalue weighted by Crippen LogP contribution is 2.10. The van der Waals surface area contributed by atoms with E-state index in [-0.39, 0.29) is 0 Å². The molecule has 0 aliphatic rings. The lowest BCUT2D eigenvalue weighted by molar-refractivity contribution is 0.568. The van der Waals surface area contributed by atoms with Crippen LogP contribution < -0.4 is 5.32 Å². The van der Waals surface area contributed by atoms with Gasteiger partial charge >= 0.3 is 0 Å². The summed E-state index contributed by atoms with van der Waals surface area (Å²) in [5.41, 5.74) is 2.38. The molecule has 1 N–H and O–H groups in total. The second-order valence-corrected chi connectivity index (χ2v) is 4.84. The van der Waals surface area contributed by atoms with Crippen molar-refractivity contribution in [3.63, 3.8) is 0 Å². The van der Waals surface area contributed by atoms with E-state index in [2.05, 4.69) is 17.3 Å². The maximum atomic E-state index is 13.5. The van der Waals surface area contributed by atoms with Crippen LogP contribution >= 0.6 is 0 Å². The van der Waals surface area contributed by atoms with Crippen molar-refractivity contribution in [1.82, 2.24) is 15.1 Å². The number of halogens is 2. The summed E-state index contributed by atoms with van der Waals surface area (Å²) < 4.78 is 28.4. The molecular weight excluding hydrogens is 260 g/mol. The topological polar surface area (TPSA) is 29.9 Å². The third kappa shape index (κ3) is 3.63. The second-order valence-electron chi connectivity index (χ2n) is 4.84. The van der Waals surface area contributed by atoms with Crippen LogP contribution in [0.4, 0.5) is 8.78 Å². The Morgan fingerprint density at radius 3 is 2.70 bits per heavy atom. The van der Waals surface area contributed by atoms with E-state index in [1.807, 2.05) is 17.8 Å². The second kappa shape index (κ2) is 6.61. The smallest absolute Gasteiger partial charge is 0.127 e. The van der Waals surface area contributed by atoms with Gasteiger partial charge in [-0.05, 0) is 31.5 Å². The van der Waals surface area contributed by atoms with Gasteiger partial charge in [0, 0.05) is 37.0 Å². The third-order valence-corrected chi connectivity index (χ3v) is 3.14. The van der Waals surface area contributed by atoms with E-state index < -0.39 is 11.6 Å². The summed E-state index contributed by atoms with van der Waals surface area (Å²) in [5.74, 6) is -0.813. The zero-order valence-electron chi connectivity index (χ0n) is 11.8. The van der Waals surface area contributed by atoms with Crippen LogP contribution in [0.5, 0.6) is 0 Å². The van der Waals surface area contributed by atoms with E-state index in [1.54, 1.807) is 0 Å². The van der Waals surface area contributed by atoms with Crippen molar-refractivity contribution in [2.75, 3.05) is 0 Å². The molecule has 0 unspecified atom stereocenters. The number of hydrogen-bond donors (Lipinski definition) is 1. The predicted molar refractivity (Wildman–Crippen MR) is 74.2 cm³/mol. The molecule has 0 saturated heterocycles. The van der Waals surface area contributed by atoms with Gasteiger partial charge in [0.25, 0.3) is 0 Å². The number of nitrogens with zero attached hydrogens (tertiary/aromatic N) is 2. The van der Waals surface area contributed by atoms with Gasteiger partial charge in [0.1, 0.15) is 11.6 Å². The summed E-state index contributed by atoms with van der Waals surface area (Å²) >= 11 is 0. The molecule has 0 bridgehead atoms. The summed E-state index contributed by atoms with van der Waals surface area (Å²) in [6.07, 6.45) is 3.02. The van der Waals surface area contributed by atoms with Gasteiger partial charge in [-0.1, -0.05) is 6.92 Å². The predicted octanol–water partition coefficient (Wildman–Crippen LogP) is 3.17. The molecule has 1 aromatic heterocycles. The molecule has 0 spiro atoms. The number of nitrogens with one attached hydrogen (secondary N) is 1. The molecule has 1 heterocycles. The SMILES string of the molecule is CCCn1cc(CNCc2cc(F)ccc2F)c(C)n1. The first-order chi connectivity index (χ1) is 9.60. The van der Waals surface area contributed by atoms with Crippen LogP contribution in [-0.4, -0.2) is 9.78 Å². The number of hydrogen-bond acceptors (Lipinski definition) is 2. The fourth-order valence-electron chi connectivity index (χ4n) is 2.09. The summed E-state index contributed by atoms with van der Waals surface area (Å²) in [6, 6.07) is 3.49. The van der Waals surface area contributed by atoms with E-state index in [0.717, 1.165) is 36.4 Å². The Bertz CT molecular complexity index is 578. The highest BCUT2D eigenvalue weighted by atomic mass is 19.1. The first-order valence-corrected chi connectivity index (χ1v) is 6.77. The van der Waals surface area contributed by atoms with Gasteiger partial charge in [0.2, 0.25) is 0 Å². The van der Waals surface area contributed by atoms with E-state index >= 15 is 0 Å². The Morgan fingerprint density at radius 1 is 1.20 bits per heavy atom. The average molecular weight is 279 g/mol. The molecule has 0 radical (unpaired) electrons. The monoisotopic (exact) mass is 279 g/mol. The van der Waals surface area contributed by atoms with Gasteiger partial charge < -0.3 is 5.32 Å². The maximum Gasteiger partial charge on any atom is 0.127 e. The minimum absolute atomic E-state index is 0.294. The molecule has 5 heteroatoms. The van der Waals surface area contributed by atoms with Crippen molar-refractivity contribution in [3.05, 3.63) is 52.9 Å². The maximum absolute atomic E-state index is 13.5. The van der Waals surface area contributed by atoms with E-state index in [0.29, 0.717) is 18.7 Å². The van der Waals surface area contributed by atoms with Gasteiger partial charge in [0.15, 0.2) is 0 Å². The van der Waals surface area contributed by atoms with Crippen LogP contribution in [0, 0.1) is 18.6 Å². The number of aromatic nitrogens is 2. The Balaban J connectivity index is 1.94. The first-order valence-electron chi connectivity index (χ1n) is 6.77. The van der Waals surface area contributed by atoms with Crippen molar-refractivity contribution in [1.29, 1.82) is 0 Å². The molecule has 0 aliphatic carbocycles. The Hall–Kier alpha value is -1.75. The van der Waals surface area contributed by atoms with Crippen LogP contribution in [0.2, 0.25) is 0 Å². The lowest BCUT2D eigenvalue weighted by atomic mass is 10.2. The molecule has 0 fully saturated rings. The van der Waals surface area contributed by atoms with Gasteiger partial charge in [0.05, 0.1) is 5.69 Å². The highest BCUT2D eigenvalue weighted by Gasteiger charge is 2.06. The van der Waals surface area contributed by atoms with E-state index in [9.17, 15) is 8.78 Å². The molecular formula is C15H19F2N3. The van der Waals surface area contributed by atoms with Crippen molar-refractivity contribution < 1.29 is 8.78 Å². The fourth-order valence-corrected chi connectivity index (χ4v) is 2.09. The fraction of sp³-hybridized carbons (Fsp3) is 0.400. The summed E-state index contributed by atoms with van der Waals surface area (Å²) in [4.78, 5) is 0. The van der Waals surface area contributed by atoms with Crippen LogP contribution in [0.1, 0.15) is 30.2 Å². The molecule has 2 rings (SSSR count). The molecule has 2 aromatic rings. The molecule has 20 heavy (non-hydrogen) atoms. The zero-order valence-corrected chi connectivity index (χ0v) is 11.8. The standard InChI is InChI=1S/C15H19F2N3/c1-3-6-20-10-13(11(2)19-20)9-18-8-12-7-14(16)4-5-15(12)17/h4-5,7,10,18H,3,6,8-9H2,1-2H3. The van der Waals surface area contributed by atoms with Crippen molar-refractivity contribution in [2.45, 2.75) is 39.9 Å². The van der Waals surface area contributed by atoms with E-state index in [4.69, 9.17) is 0 Å². The highest BCUT2D eigenvalue weighted by molar-refractivity contribution is 5.19. The van der Waals surface area contributed by atoms with Crippen LogP contribution in [0.25, 0.3) is 0 Å². The number of aryl methyl sites for hydroxylation is 2. The Morgan fingerprint density at radius 2 is 1.95 bits per heavy atom. The minimum atomic E-state index is -0.421. The van der Waals surface area contributed by atoms with E-state index in [1.165, 1.54) is 6.07 Å². The minimum Gasteiger partial charge on any atom is -0.308 e. The van der Waals surface area contributed by atoms with Gasteiger partial charge in [-0.2, -0.15) is 5.10 Å². The molecule has 108 valence electrons. The summed E-state index contributed by atoms with van der Waals surface area (Å²) in [7, 11) is 0. The lowest BCUT2D eigenvalue weighted by Crippen LogP contribution is -2.14. The average Bonchev–Trinajstić information content (AvgIpc) is 2.75. The van der Waals surface area contributed by atoms with Crippen LogP contribution in [-0.2, 0) is 19.6 Å². The first kappa shape index (κ1) is 14.7. The van der Waals surface area contributed by atoms with Crippen LogP contribution in [0.3, 0.4) is 0 Å². The molecule has 0 aliphatic heterocycles. The third-order valence-electron chi connectivity index (χ3n) is 3.14. The van der Waals surface area contributed by atoms with Crippen LogP contribution in [0.15, 0.2) is 24.4 Å². The van der Waals surface area contributed by atoms with Gasteiger partial charge in [-0.25, -0.2) is 8.78 Å². The summed E-state index contributed by atoms with van der Waals surface area (Å²) in [5, 5.41) is 7.52. The Labute approximate surface area is 117 Å². The Kier molecular flexibility index (Phi) is 4.84. The largest absolute Gasteiger partial charge is 0.308 e.